The van der Waals surface area contributed by atoms with Crippen LogP contribution in [0.15, 0.2) is 23.3 Å². The summed E-state index contributed by atoms with van der Waals surface area (Å²) in [7, 11) is 0. The maximum absolute atomic E-state index is 12.4. The maximum atomic E-state index is 12.4. The summed E-state index contributed by atoms with van der Waals surface area (Å²) in [6.07, 6.45) is -4.29. The first kappa shape index (κ1) is 26.3. The van der Waals surface area contributed by atoms with E-state index in [9.17, 15) is 13.2 Å². The summed E-state index contributed by atoms with van der Waals surface area (Å²) in [5, 5.41) is 4.95. The van der Waals surface area contributed by atoms with Crippen molar-refractivity contribution in [1.82, 2.24) is 5.12 Å². The molecule has 2 rings (SSSR count). The highest BCUT2D eigenvalue weighted by Gasteiger charge is 2.49. The Kier molecular flexibility index (Phi) is 11.7. The van der Waals surface area contributed by atoms with Crippen LogP contribution in [0.25, 0.3) is 0 Å². The number of nitrogen functional groups attached to an aromatic ring is 1. The number of amidine groups is 1. The standard InChI is InChI=1S/C13H18F3N5.2C2H6.CH4/c1-7-2-3-8(4-11(7)17)12(18)20-21(19)10-5-9(6-10)13(14,15)16;2*1-2;/h2-4,9-10H,5-6,17,19H2,1H3,(H2,18,20);2*1-2H3;1H4. The molecule has 1 aromatic rings. The van der Waals surface area contributed by atoms with E-state index in [0.29, 0.717) is 11.3 Å². The first-order valence-corrected chi connectivity index (χ1v) is 8.49. The molecule has 8 heteroatoms. The van der Waals surface area contributed by atoms with Gasteiger partial charge in [-0.1, -0.05) is 47.3 Å². The van der Waals surface area contributed by atoms with Crippen molar-refractivity contribution in [2.24, 2.45) is 22.6 Å². The van der Waals surface area contributed by atoms with E-state index in [1.807, 2.05) is 34.6 Å². The number of hydrogen-bond acceptors (Lipinski definition) is 4. The predicted octanol–water partition coefficient (Wildman–Crippen LogP) is 4.40. The lowest BCUT2D eigenvalue weighted by atomic mass is 9.80. The fourth-order valence-corrected chi connectivity index (χ4v) is 2.13. The van der Waals surface area contributed by atoms with Crippen LogP contribution in [0.2, 0.25) is 0 Å². The number of alkyl halides is 3. The van der Waals surface area contributed by atoms with Gasteiger partial charge in [0.25, 0.3) is 0 Å². The topological polar surface area (TPSA) is 93.7 Å². The first-order chi connectivity index (χ1) is 11.7. The third-order valence-electron chi connectivity index (χ3n) is 3.75. The van der Waals surface area contributed by atoms with Crippen LogP contribution in [0.5, 0.6) is 0 Å². The Morgan fingerprint density at radius 2 is 1.65 bits per heavy atom. The van der Waals surface area contributed by atoms with E-state index in [1.54, 1.807) is 18.2 Å². The van der Waals surface area contributed by atoms with Crippen LogP contribution in [0.4, 0.5) is 18.9 Å². The summed E-state index contributed by atoms with van der Waals surface area (Å²) in [5.74, 6) is 4.48. The number of rotatable bonds is 3. The van der Waals surface area contributed by atoms with Crippen molar-refractivity contribution >= 4 is 11.5 Å². The van der Waals surface area contributed by atoms with Crippen molar-refractivity contribution in [3.63, 3.8) is 0 Å². The average molecular weight is 377 g/mol. The molecule has 1 fully saturated rings. The molecular weight excluding hydrogens is 343 g/mol. The summed E-state index contributed by atoms with van der Waals surface area (Å²) in [5.41, 5.74) is 13.6. The molecule has 0 amide bonds. The SMILES string of the molecule is C.CC.CC.Cc1ccc(/C(N)=N/N(N)C2CC(C(F)(F)F)C2)cc1N. The molecule has 0 spiro atoms. The Morgan fingerprint density at radius 1 is 1.15 bits per heavy atom. The summed E-state index contributed by atoms with van der Waals surface area (Å²) in [6, 6.07) is 4.73. The molecule has 152 valence electrons. The number of nitrogens with zero attached hydrogens (tertiary/aromatic N) is 2. The normalized spacial score (nSPS) is 18.9. The van der Waals surface area contributed by atoms with E-state index in [0.717, 1.165) is 10.7 Å². The molecule has 0 bridgehead atoms. The quantitative estimate of drug-likeness (QED) is 0.239. The molecule has 6 N–H and O–H groups in total. The summed E-state index contributed by atoms with van der Waals surface area (Å²) < 4.78 is 37.2. The molecule has 1 saturated carbocycles. The van der Waals surface area contributed by atoms with Crippen molar-refractivity contribution in [1.29, 1.82) is 0 Å². The number of benzene rings is 1. The van der Waals surface area contributed by atoms with Crippen molar-refractivity contribution in [2.75, 3.05) is 5.73 Å². The third kappa shape index (κ3) is 7.11. The third-order valence-corrected chi connectivity index (χ3v) is 3.75. The minimum Gasteiger partial charge on any atom is -0.398 e. The number of halogens is 3. The first-order valence-electron chi connectivity index (χ1n) is 8.49. The Balaban J connectivity index is 0. The van der Waals surface area contributed by atoms with Gasteiger partial charge >= 0.3 is 6.18 Å². The molecule has 0 atom stereocenters. The average Bonchev–Trinajstić information content (AvgIpc) is 2.51. The lowest BCUT2D eigenvalue weighted by Crippen LogP contribution is -2.50. The molecule has 0 aliphatic heterocycles. The van der Waals surface area contributed by atoms with Crippen LogP contribution in [-0.2, 0) is 0 Å². The molecule has 1 aliphatic carbocycles. The van der Waals surface area contributed by atoms with Gasteiger partial charge in [0.2, 0.25) is 0 Å². The lowest BCUT2D eigenvalue weighted by Gasteiger charge is -2.39. The summed E-state index contributed by atoms with van der Waals surface area (Å²) in [4.78, 5) is 0. The van der Waals surface area contributed by atoms with E-state index in [1.165, 1.54) is 0 Å². The van der Waals surface area contributed by atoms with Crippen LogP contribution in [-0.4, -0.2) is 23.2 Å². The van der Waals surface area contributed by atoms with Gasteiger partial charge < -0.3 is 11.5 Å². The number of aryl methyl sites for hydroxylation is 1. The highest BCUT2D eigenvalue weighted by atomic mass is 19.4. The molecule has 0 unspecified atom stereocenters. The van der Waals surface area contributed by atoms with Crippen LogP contribution in [0.1, 0.15) is 59.1 Å². The number of hydrogen-bond donors (Lipinski definition) is 3. The zero-order chi connectivity index (χ0) is 19.8. The molecule has 0 aromatic heterocycles. The monoisotopic (exact) mass is 377 g/mol. The Hall–Kier alpha value is -1.96. The van der Waals surface area contributed by atoms with E-state index in [2.05, 4.69) is 5.10 Å². The van der Waals surface area contributed by atoms with Gasteiger partial charge in [-0.3, -0.25) is 0 Å². The van der Waals surface area contributed by atoms with Crippen LogP contribution < -0.4 is 17.3 Å². The highest BCUT2D eigenvalue weighted by Crippen LogP contribution is 2.42. The van der Waals surface area contributed by atoms with Gasteiger partial charge in [0.05, 0.1) is 12.0 Å². The molecule has 5 nitrogen and oxygen atoms in total. The highest BCUT2D eigenvalue weighted by molar-refractivity contribution is 5.98. The zero-order valence-corrected chi connectivity index (χ0v) is 15.6. The Morgan fingerprint density at radius 3 is 2.08 bits per heavy atom. The number of anilines is 1. The van der Waals surface area contributed by atoms with E-state index in [-0.39, 0.29) is 26.1 Å². The second-order valence-electron chi connectivity index (χ2n) is 5.30. The number of hydrazone groups is 1. The smallest absolute Gasteiger partial charge is 0.391 e. The van der Waals surface area contributed by atoms with Gasteiger partial charge in [0, 0.05) is 11.3 Å². The second kappa shape index (κ2) is 11.6. The predicted molar refractivity (Wildman–Crippen MR) is 104 cm³/mol. The molecule has 0 heterocycles. The Labute approximate surface area is 155 Å². The van der Waals surface area contributed by atoms with Crippen molar-refractivity contribution in [3.05, 3.63) is 29.3 Å². The van der Waals surface area contributed by atoms with Crippen molar-refractivity contribution < 1.29 is 13.2 Å². The summed E-state index contributed by atoms with van der Waals surface area (Å²) in [6.45, 7) is 9.85. The minimum absolute atomic E-state index is 0. The van der Waals surface area contributed by atoms with E-state index >= 15 is 0 Å². The second-order valence-corrected chi connectivity index (χ2v) is 5.30. The molecule has 26 heavy (non-hydrogen) atoms. The van der Waals surface area contributed by atoms with Crippen LogP contribution in [0.3, 0.4) is 0 Å². The maximum Gasteiger partial charge on any atom is 0.391 e. The van der Waals surface area contributed by atoms with Gasteiger partial charge in [0.1, 0.15) is 0 Å². The summed E-state index contributed by atoms with van der Waals surface area (Å²) >= 11 is 0. The largest absolute Gasteiger partial charge is 0.398 e. The lowest BCUT2D eigenvalue weighted by molar-refractivity contribution is -0.207. The molecule has 0 radical (unpaired) electrons. The Bertz CT molecular complexity index is 552. The zero-order valence-electron chi connectivity index (χ0n) is 15.6. The minimum atomic E-state index is -4.17. The number of nitrogens with two attached hydrogens (primary N) is 3. The fraction of sp³-hybridized carbons (Fsp3) is 0.611. The van der Waals surface area contributed by atoms with Gasteiger partial charge in [0.15, 0.2) is 5.84 Å². The van der Waals surface area contributed by atoms with Crippen molar-refractivity contribution in [2.45, 2.75) is 67.1 Å². The van der Waals surface area contributed by atoms with Gasteiger partial charge in [-0.15, -0.1) is 5.10 Å². The number of hydrazine groups is 1. The fourth-order valence-electron chi connectivity index (χ4n) is 2.13. The van der Waals surface area contributed by atoms with Crippen LogP contribution >= 0.6 is 0 Å². The van der Waals surface area contributed by atoms with Gasteiger partial charge in [-0.25, -0.2) is 11.0 Å². The van der Waals surface area contributed by atoms with E-state index in [4.69, 9.17) is 17.3 Å². The van der Waals surface area contributed by atoms with Gasteiger partial charge in [-0.05, 0) is 31.4 Å². The molecule has 1 aromatic carbocycles. The van der Waals surface area contributed by atoms with Crippen LogP contribution in [0, 0.1) is 12.8 Å². The molecule has 0 saturated heterocycles. The van der Waals surface area contributed by atoms with Crippen molar-refractivity contribution in [3.8, 4) is 0 Å². The van der Waals surface area contributed by atoms with Gasteiger partial charge in [-0.2, -0.15) is 13.2 Å². The van der Waals surface area contributed by atoms with E-state index < -0.39 is 18.1 Å². The molecular formula is C18H34F3N5. The molecule has 1 aliphatic rings.